The van der Waals surface area contributed by atoms with E-state index in [2.05, 4.69) is 31.7 Å². The van der Waals surface area contributed by atoms with Gasteiger partial charge in [-0.1, -0.05) is 27.2 Å². The predicted molar refractivity (Wildman–Crippen MR) is 56.4 cm³/mol. The number of rotatable bonds is 6. The second-order valence-electron chi connectivity index (χ2n) is 4.11. The highest BCUT2D eigenvalue weighted by Gasteiger charge is 2.14. The van der Waals surface area contributed by atoms with Crippen LogP contribution in [0.15, 0.2) is 0 Å². The number of nitriles is 1. The summed E-state index contributed by atoms with van der Waals surface area (Å²) in [5, 5.41) is 8.95. The van der Waals surface area contributed by atoms with Gasteiger partial charge in [0.05, 0.1) is 12.1 Å². The Morgan fingerprint density at radius 2 is 2.00 bits per heavy atom. The first-order valence-electron chi connectivity index (χ1n) is 5.21. The summed E-state index contributed by atoms with van der Waals surface area (Å²) >= 11 is 0. The van der Waals surface area contributed by atoms with Gasteiger partial charge in [-0.2, -0.15) is 5.26 Å². The van der Waals surface area contributed by atoms with E-state index in [1.54, 1.807) is 0 Å². The minimum Gasteiger partial charge on any atom is -0.291 e. The van der Waals surface area contributed by atoms with Gasteiger partial charge in [0, 0.05) is 0 Å². The Kier molecular flexibility index (Phi) is 6.62. The van der Waals surface area contributed by atoms with Crippen molar-refractivity contribution in [3.8, 4) is 6.07 Å². The van der Waals surface area contributed by atoms with Gasteiger partial charge in [0.1, 0.15) is 0 Å². The summed E-state index contributed by atoms with van der Waals surface area (Å²) in [6, 6.07) is 2.47. The molecule has 2 heteroatoms. The van der Waals surface area contributed by atoms with Crippen LogP contribution in [0.5, 0.6) is 0 Å². The van der Waals surface area contributed by atoms with Gasteiger partial charge in [0.25, 0.3) is 0 Å². The molecule has 0 spiro atoms. The molecule has 0 aromatic rings. The van der Waals surface area contributed by atoms with E-state index in [0.717, 1.165) is 13.0 Å². The molecule has 0 saturated carbocycles. The number of unbranched alkanes of at least 4 members (excludes halogenated alkanes) is 1. The molecule has 1 unspecified atom stereocenters. The maximum absolute atomic E-state index is 8.95. The molecule has 2 nitrogen and oxygen atoms in total. The van der Waals surface area contributed by atoms with Crippen molar-refractivity contribution in [2.45, 2.75) is 46.1 Å². The van der Waals surface area contributed by atoms with E-state index in [1.807, 2.05) is 7.05 Å². The third-order valence-electron chi connectivity index (χ3n) is 2.24. The van der Waals surface area contributed by atoms with E-state index >= 15 is 0 Å². The largest absolute Gasteiger partial charge is 0.291 e. The zero-order chi connectivity index (χ0) is 10.3. The van der Waals surface area contributed by atoms with Gasteiger partial charge in [0.15, 0.2) is 0 Å². The molecule has 0 radical (unpaired) electrons. The standard InChI is InChI=1S/C11H22N2/c1-5-6-7-13(4)11(9-12)8-10(2)3/h10-11H,5-8H2,1-4H3. The lowest BCUT2D eigenvalue weighted by molar-refractivity contribution is 0.254. The Hall–Kier alpha value is -0.550. The van der Waals surface area contributed by atoms with Crippen LogP contribution in [-0.2, 0) is 0 Å². The van der Waals surface area contributed by atoms with Crippen LogP contribution in [0.25, 0.3) is 0 Å². The predicted octanol–water partition coefficient (Wildman–Crippen LogP) is 2.66. The van der Waals surface area contributed by atoms with E-state index in [-0.39, 0.29) is 6.04 Å². The molecule has 0 N–H and O–H groups in total. The summed E-state index contributed by atoms with van der Waals surface area (Å²) in [5.41, 5.74) is 0. The number of hydrogen-bond donors (Lipinski definition) is 0. The van der Waals surface area contributed by atoms with Gasteiger partial charge in [0.2, 0.25) is 0 Å². The molecule has 0 amide bonds. The molecular formula is C11H22N2. The van der Waals surface area contributed by atoms with Crippen molar-refractivity contribution in [3.63, 3.8) is 0 Å². The Labute approximate surface area is 82.5 Å². The molecule has 0 aliphatic carbocycles. The molecule has 13 heavy (non-hydrogen) atoms. The van der Waals surface area contributed by atoms with E-state index < -0.39 is 0 Å². The zero-order valence-electron chi connectivity index (χ0n) is 9.38. The van der Waals surface area contributed by atoms with Crippen molar-refractivity contribution in [1.29, 1.82) is 5.26 Å². The highest BCUT2D eigenvalue weighted by atomic mass is 15.1. The van der Waals surface area contributed by atoms with Crippen LogP contribution < -0.4 is 0 Å². The Balaban J connectivity index is 3.86. The van der Waals surface area contributed by atoms with E-state index in [0.29, 0.717) is 5.92 Å². The monoisotopic (exact) mass is 182 g/mol. The lowest BCUT2D eigenvalue weighted by Gasteiger charge is -2.23. The summed E-state index contributed by atoms with van der Waals surface area (Å²) < 4.78 is 0. The van der Waals surface area contributed by atoms with Gasteiger partial charge < -0.3 is 0 Å². The third kappa shape index (κ3) is 5.65. The van der Waals surface area contributed by atoms with Gasteiger partial charge in [-0.3, -0.25) is 4.90 Å². The SMILES string of the molecule is CCCCN(C)C(C#N)CC(C)C. The second-order valence-corrected chi connectivity index (χ2v) is 4.11. The normalized spacial score (nSPS) is 13.3. The second kappa shape index (κ2) is 6.91. The first kappa shape index (κ1) is 12.4. The Morgan fingerprint density at radius 3 is 2.38 bits per heavy atom. The number of hydrogen-bond acceptors (Lipinski definition) is 2. The van der Waals surface area contributed by atoms with Crippen LogP contribution in [0, 0.1) is 17.2 Å². The summed E-state index contributed by atoms with van der Waals surface area (Å²) in [6.07, 6.45) is 3.37. The van der Waals surface area contributed by atoms with Crippen molar-refractivity contribution >= 4 is 0 Å². The van der Waals surface area contributed by atoms with Gasteiger partial charge in [-0.25, -0.2) is 0 Å². The van der Waals surface area contributed by atoms with E-state index in [9.17, 15) is 0 Å². The first-order valence-corrected chi connectivity index (χ1v) is 5.21. The lowest BCUT2D eigenvalue weighted by Crippen LogP contribution is -2.32. The molecule has 0 aromatic heterocycles. The van der Waals surface area contributed by atoms with Crippen LogP contribution in [0.3, 0.4) is 0 Å². The highest BCUT2D eigenvalue weighted by molar-refractivity contribution is 4.90. The third-order valence-corrected chi connectivity index (χ3v) is 2.24. The average Bonchev–Trinajstić information content (AvgIpc) is 2.09. The van der Waals surface area contributed by atoms with E-state index in [4.69, 9.17) is 5.26 Å². The topological polar surface area (TPSA) is 27.0 Å². The first-order chi connectivity index (χ1) is 6.11. The molecular weight excluding hydrogens is 160 g/mol. The van der Waals surface area contributed by atoms with Crippen molar-refractivity contribution in [2.24, 2.45) is 5.92 Å². The lowest BCUT2D eigenvalue weighted by atomic mass is 10.0. The van der Waals surface area contributed by atoms with Crippen molar-refractivity contribution in [3.05, 3.63) is 0 Å². The Bertz CT molecular complexity index is 158. The minimum atomic E-state index is 0.103. The molecule has 0 fully saturated rings. The van der Waals surface area contributed by atoms with Gasteiger partial charge in [-0.15, -0.1) is 0 Å². The number of nitrogens with zero attached hydrogens (tertiary/aromatic N) is 2. The van der Waals surface area contributed by atoms with Crippen LogP contribution in [0.2, 0.25) is 0 Å². The van der Waals surface area contributed by atoms with Crippen LogP contribution in [0.4, 0.5) is 0 Å². The molecule has 76 valence electrons. The molecule has 0 bridgehead atoms. The van der Waals surface area contributed by atoms with Crippen LogP contribution in [0.1, 0.15) is 40.0 Å². The van der Waals surface area contributed by atoms with Gasteiger partial charge in [-0.05, 0) is 32.4 Å². The molecule has 0 heterocycles. The molecule has 0 rings (SSSR count). The van der Waals surface area contributed by atoms with Crippen molar-refractivity contribution in [1.82, 2.24) is 4.90 Å². The maximum atomic E-state index is 8.95. The molecule has 0 aliphatic rings. The summed E-state index contributed by atoms with van der Waals surface area (Å²) in [5.74, 6) is 0.605. The summed E-state index contributed by atoms with van der Waals surface area (Å²) in [6.45, 7) is 7.55. The van der Waals surface area contributed by atoms with Gasteiger partial charge >= 0.3 is 0 Å². The molecule has 0 aliphatic heterocycles. The fourth-order valence-corrected chi connectivity index (χ4v) is 1.34. The quantitative estimate of drug-likeness (QED) is 0.631. The Morgan fingerprint density at radius 1 is 1.38 bits per heavy atom. The summed E-state index contributed by atoms with van der Waals surface area (Å²) in [4.78, 5) is 2.17. The van der Waals surface area contributed by atoms with Crippen molar-refractivity contribution < 1.29 is 0 Å². The van der Waals surface area contributed by atoms with Crippen LogP contribution >= 0.6 is 0 Å². The smallest absolute Gasteiger partial charge is 0.0977 e. The van der Waals surface area contributed by atoms with Crippen LogP contribution in [-0.4, -0.2) is 24.5 Å². The molecule has 1 atom stereocenters. The summed E-state index contributed by atoms with van der Waals surface area (Å²) in [7, 11) is 2.05. The average molecular weight is 182 g/mol. The zero-order valence-corrected chi connectivity index (χ0v) is 9.38. The van der Waals surface area contributed by atoms with E-state index in [1.165, 1.54) is 12.8 Å². The van der Waals surface area contributed by atoms with Crippen molar-refractivity contribution in [2.75, 3.05) is 13.6 Å². The molecule has 0 saturated heterocycles. The molecule has 0 aromatic carbocycles. The fraction of sp³-hybridized carbons (Fsp3) is 0.909. The maximum Gasteiger partial charge on any atom is 0.0977 e. The minimum absolute atomic E-state index is 0.103. The highest BCUT2D eigenvalue weighted by Crippen LogP contribution is 2.09. The fourth-order valence-electron chi connectivity index (χ4n) is 1.34.